The molecule has 0 spiro atoms. The Morgan fingerprint density at radius 1 is 1.60 bits per heavy atom. The van der Waals surface area contributed by atoms with Crippen LogP contribution in [0.2, 0.25) is 0 Å². The van der Waals surface area contributed by atoms with Gasteiger partial charge in [-0.05, 0) is 6.20 Å². The standard InChI is InChI=1S/C9H13N/c1-2-3-4-5-9-6-7-10-8-9/h6-7,9-10H,2,5,8H2,1H3. The second-order valence-electron chi connectivity index (χ2n) is 2.44. The zero-order valence-corrected chi connectivity index (χ0v) is 6.35. The minimum Gasteiger partial charge on any atom is -0.391 e. The molecule has 0 saturated carbocycles. The van der Waals surface area contributed by atoms with Crippen molar-refractivity contribution in [1.29, 1.82) is 0 Å². The monoisotopic (exact) mass is 135 g/mol. The topological polar surface area (TPSA) is 12.0 Å². The third-order valence-electron chi connectivity index (χ3n) is 1.53. The molecular formula is C9H13N. The molecule has 1 aliphatic rings. The molecule has 1 heteroatoms. The minimum absolute atomic E-state index is 0.652. The lowest BCUT2D eigenvalue weighted by Gasteiger charge is -1.98. The van der Waals surface area contributed by atoms with Crippen LogP contribution in [0.3, 0.4) is 0 Å². The maximum Gasteiger partial charge on any atom is 0.0214 e. The Hall–Kier alpha value is -0.900. The van der Waals surface area contributed by atoms with Crippen molar-refractivity contribution in [1.82, 2.24) is 5.32 Å². The Morgan fingerprint density at radius 2 is 2.50 bits per heavy atom. The molecule has 1 nitrogen and oxygen atoms in total. The molecule has 1 rings (SSSR count). The number of hydrogen-bond acceptors (Lipinski definition) is 1. The molecule has 0 aliphatic carbocycles. The van der Waals surface area contributed by atoms with Crippen LogP contribution >= 0.6 is 0 Å². The summed E-state index contributed by atoms with van der Waals surface area (Å²) in [5.41, 5.74) is 0. The van der Waals surface area contributed by atoms with Gasteiger partial charge in [-0.25, -0.2) is 0 Å². The van der Waals surface area contributed by atoms with E-state index in [1.807, 2.05) is 6.20 Å². The SMILES string of the molecule is CCC#CCC1C=CNC1. The molecule has 0 radical (unpaired) electrons. The highest BCUT2D eigenvalue weighted by Gasteiger charge is 2.04. The van der Waals surface area contributed by atoms with Gasteiger partial charge in [0.25, 0.3) is 0 Å². The fourth-order valence-electron chi connectivity index (χ4n) is 0.960. The van der Waals surface area contributed by atoms with Crippen LogP contribution < -0.4 is 5.32 Å². The molecule has 0 aromatic rings. The van der Waals surface area contributed by atoms with E-state index in [0.29, 0.717) is 5.92 Å². The van der Waals surface area contributed by atoms with E-state index in [0.717, 1.165) is 19.4 Å². The summed E-state index contributed by atoms with van der Waals surface area (Å²) in [4.78, 5) is 0. The predicted octanol–water partition coefficient (Wildman–Crippen LogP) is 1.52. The Balaban J connectivity index is 2.19. The predicted molar refractivity (Wildman–Crippen MR) is 43.3 cm³/mol. The van der Waals surface area contributed by atoms with Crippen molar-refractivity contribution in [2.45, 2.75) is 19.8 Å². The van der Waals surface area contributed by atoms with E-state index in [1.165, 1.54) is 0 Å². The van der Waals surface area contributed by atoms with E-state index < -0.39 is 0 Å². The van der Waals surface area contributed by atoms with Crippen LogP contribution in [0.5, 0.6) is 0 Å². The lowest BCUT2D eigenvalue weighted by Crippen LogP contribution is -2.07. The first-order valence-electron chi connectivity index (χ1n) is 3.79. The first-order valence-corrected chi connectivity index (χ1v) is 3.79. The van der Waals surface area contributed by atoms with Gasteiger partial charge in [-0.15, -0.1) is 11.8 Å². The van der Waals surface area contributed by atoms with Crippen LogP contribution in [0.1, 0.15) is 19.8 Å². The summed E-state index contributed by atoms with van der Waals surface area (Å²) in [5.74, 6) is 6.85. The Labute approximate surface area is 62.5 Å². The van der Waals surface area contributed by atoms with Crippen molar-refractivity contribution in [3.05, 3.63) is 12.3 Å². The molecule has 10 heavy (non-hydrogen) atoms. The molecule has 1 aliphatic heterocycles. The summed E-state index contributed by atoms with van der Waals surface area (Å²) in [5, 5.41) is 3.15. The van der Waals surface area contributed by atoms with Crippen molar-refractivity contribution < 1.29 is 0 Å². The quantitative estimate of drug-likeness (QED) is 0.537. The van der Waals surface area contributed by atoms with Gasteiger partial charge in [0.2, 0.25) is 0 Å². The Morgan fingerprint density at radius 3 is 3.10 bits per heavy atom. The molecule has 0 amide bonds. The fraction of sp³-hybridized carbons (Fsp3) is 0.556. The Kier molecular flexibility index (Phi) is 2.89. The summed E-state index contributed by atoms with van der Waals surface area (Å²) < 4.78 is 0. The van der Waals surface area contributed by atoms with Gasteiger partial charge in [0.05, 0.1) is 0 Å². The lowest BCUT2D eigenvalue weighted by molar-refractivity contribution is 0.676. The maximum atomic E-state index is 3.15. The van der Waals surface area contributed by atoms with Gasteiger partial charge in [0, 0.05) is 25.3 Å². The number of hydrogen-bond donors (Lipinski definition) is 1. The summed E-state index contributed by atoms with van der Waals surface area (Å²) in [6.07, 6.45) is 6.18. The van der Waals surface area contributed by atoms with Gasteiger partial charge in [-0.3, -0.25) is 0 Å². The van der Waals surface area contributed by atoms with Gasteiger partial charge in [-0.1, -0.05) is 13.0 Å². The van der Waals surface area contributed by atoms with Gasteiger partial charge in [-0.2, -0.15) is 0 Å². The number of nitrogens with one attached hydrogen (secondary N) is 1. The van der Waals surface area contributed by atoms with E-state index in [9.17, 15) is 0 Å². The average Bonchev–Trinajstić information content (AvgIpc) is 2.41. The molecular weight excluding hydrogens is 122 g/mol. The molecule has 0 saturated heterocycles. The van der Waals surface area contributed by atoms with Crippen LogP contribution in [-0.2, 0) is 0 Å². The molecule has 1 heterocycles. The first-order chi connectivity index (χ1) is 4.93. The highest BCUT2D eigenvalue weighted by Crippen LogP contribution is 2.06. The third kappa shape index (κ3) is 2.14. The summed E-state index contributed by atoms with van der Waals surface area (Å²) >= 11 is 0. The van der Waals surface area contributed by atoms with E-state index in [1.54, 1.807) is 0 Å². The number of rotatable bonds is 1. The molecule has 1 atom stereocenters. The van der Waals surface area contributed by atoms with Crippen LogP contribution in [0.15, 0.2) is 12.3 Å². The third-order valence-corrected chi connectivity index (χ3v) is 1.53. The molecule has 0 bridgehead atoms. The van der Waals surface area contributed by atoms with Crippen molar-refractivity contribution in [2.24, 2.45) is 5.92 Å². The van der Waals surface area contributed by atoms with Crippen LogP contribution in [0, 0.1) is 17.8 Å². The smallest absolute Gasteiger partial charge is 0.0214 e. The normalized spacial score (nSPS) is 21.5. The summed E-state index contributed by atoms with van der Waals surface area (Å²) in [6.45, 7) is 3.15. The molecule has 54 valence electrons. The fourth-order valence-corrected chi connectivity index (χ4v) is 0.960. The van der Waals surface area contributed by atoms with Crippen molar-refractivity contribution in [3.63, 3.8) is 0 Å². The van der Waals surface area contributed by atoms with Crippen LogP contribution in [0.4, 0.5) is 0 Å². The lowest BCUT2D eigenvalue weighted by atomic mass is 10.1. The molecule has 1 unspecified atom stereocenters. The summed E-state index contributed by atoms with van der Waals surface area (Å²) in [7, 11) is 0. The highest BCUT2D eigenvalue weighted by molar-refractivity contribution is 5.05. The second-order valence-corrected chi connectivity index (χ2v) is 2.44. The van der Waals surface area contributed by atoms with Gasteiger partial charge < -0.3 is 5.32 Å². The highest BCUT2D eigenvalue weighted by atomic mass is 14.9. The van der Waals surface area contributed by atoms with E-state index in [-0.39, 0.29) is 0 Å². The van der Waals surface area contributed by atoms with E-state index in [4.69, 9.17) is 0 Å². The van der Waals surface area contributed by atoms with Gasteiger partial charge in [0.1, 0.15) is 0 Å². The average molecular weight is 135 g/mol. The van der Waals surface area contributed by atoms with Crippen molar-refractivity contribution in [3.8, 4) is 11.8 Å². The summed E-state index contributed by atoms with van der Waals surface area (Å²) in [6, 6.07) is 0. The maximum absolute atomic E-state index is 3.15. The van der Waals surface area contributed by atoms with Gasteiger partial charge in [0.15, 0.2) is 0 Å². The zero-order valence-electron chi connectivity index (χ0n) is 6.35. The van der Waals surface area contributed by atoms with Gasteiger partial charge >= 0.3 is 0 Å². The van der Waals surface area contributed by atoms with Crippen molar-refractivity contribution >= 4 is 0 Å². The molecule has 0 aromatic heterocycles. The zero-order chi connectivity index (χ0) is 7.23. The first kappa shape index (κ1) is 7.21. The minimum atomic E-state index is 0.652. The molecule has 1 N–H and O–H groups in total. The van der Waals surface area contributed by atoms with Crippen molar-refractivity contribution in [2.75, 3.05) is 6.54 Å². The van der Waals surface area contributed by atoms with E-state index >= 15 is 0 Å². The molecule has 0 fully saturated rings. The molecule has 0 aromatic carbocycles. The van der Waals surface area contributed by atoms with Crippen LogP contribution in [-0.4, -0.2) is 6.54 Å². The van der Waals surface area contributed by atoms with E-state index in [2.05, 4.69) is 30.2 Å². The Bertz CT molecular complexity index is 171. The van der Waals surface area contributed by atoms with Crippen LogP contribution in [0.25, 0.3) is 0 Å². The second kappa shape index (κ2) is 4.00. The largest absolute Gasteiger partial charge is 0.391 e.